The zero-order valence-electron chi connectivity index (χ0n) is 10.6. The first-order valence-corrected chi connectivity index (χ1v) is 7.45. The normalized spacial score (nSPS) is 17.1. The highest BCUT2D eigenvalue weighted by atomic mass is 32.2. The van der Waals surface area contributed by atoms with E-state index >= 15 is 0 Å². The quantitative estimate of drug-likeness (QED) is 0.846. The topological polar surface area (TPSA) is 70.7 Å². The fourth-order valence-corrected chi connectivity index (χ4v) is 3.05. The zero-order chi connectivity index (χ0) is 14.6. The van der Waals surface area contributed by atoms with Crippen molar-refractivity contribution in [2.75, 3.05) is 30.9 Å². The first-order chi connectivity index (χ1) is 9.47. The summed E-state index contributed by atoms with van der Waals surface area (Å²) in [6.45, 7) is -1.06. The van der Waals surface area contributed by atoms with Crippen molar-refractivity contribution in [2.24, 2.45) is 0 Å². The lowest BCUT2D eigenvalue weighted by Crippen LogP contribution is -2.48. The molecule has 0 aromatic heterocycles. The molecule has 1 saturated heterocycles. The molecule has 0 aliphatic carbocycles. The molecule has 6 nitrogen and oxygen atoms in total. The molecule has 0 radical (unpaired) electrons. The number of hydrogen-bond acceptors (Lipinski definition) is 4. The van der Waals surface area contributed by atoms with Crippen LogP contribution in [0, 0.1) is 0 Å². The van der Waals surface area contributed by atoms with E-state index < -0.39 is 16.8 Å². The number of anilines is 1. The van der Waals surface area contributed by atoms with E-state index in [9.17, 15) is 17.2 Å². The summed E-state index contributed by atoms with van der Waals surface area (Å²) in [5, 5.41) is 3.04. The summed E-state index contributed by atoms with van der Waals surface area (Å²) in [7, 11) is -3.68. The first kappa shape index (κ1) is 14.9. The maximum absolute atomic E-state index is 12.1. The van der Waals surface area contributed by atoms with Crippen molar-refractivity contribution in [3.8, 4) is 5.75 Å². The minimum absolute atomic E-state index is 0.0967. The number of halogens is 2. The van der Waals surface area contributed by atoms with Gasteiger partial charge in [0, 0.05) is 32.2 Å². The predicted octanol–water partition coefficient (Wildman–Crippen LogP) is 0.850. The zero-order valence-corrected chi connectivity index (χ0v) is 11.4. The van der Waals surface area contributed by atoms with Gasteiger partial charge in [0.1, 0.15) is 5.75 Å². The molecule has 0 spiro atoms. The SMILES string of the molecule is O=S(=O)(Nc1cccc(OC(F)F)c1)N1CCNCC1. The number of ether oxygens (including phenoxy) is 1. The Bertz CT molecular complexity index is 548. The second kappa shape index (κ2) is 6.33. The van der Waals surface area contributed by atoms with Gasteiger partial charge in [0.05, 0.1) is 5.69 Å². The van der Waals surface area contributed by atoms with Crippen LogP contribution in [-0.2, 0) is 10.2 Å². The lowest BCUT2D eigenvalue weighted by molar-refractivity contribution is -0.0497. The summed E-state index contributed by atoms with van der Waals surface area (Å²) in [6, 6.07) is 5.45. The lowest BCUT2D eigenvalue weighted by atomic mass is 10.3. The van der Waals surface area contributed by atoms with Gasteiger partial charge in [-0.2, -0.15) is 21.5 Å². The number of rotatable bonds is 5. The molecule has 1 heterocycles. The third-order valence-electron chi connectivity index (χ3n) is 2.72. The van der Waals surface area contributed by atoms with Gasteiger partial charge in [-0.05, 0) is 12.1 Å². The number of alkyl halides is 2. The predicted molar refractivity (Wildman–Crippen MR) is 70.1 cm³/mol. The van der Waals surface area contributed by atoms with Crippen molar-refractivity contribution >= 4 is 15.9 Å². The highest BCUT2D eigenvalue weighted by Gasteiger charge is 2.23. The van der Waals surface area contributed by atoms with Crippen LogP contribution in [0.5, 0.6) is 5.75 Å². The monoisotopic (exact) mass is 307 g/mol. The maximum Gasteiger partial charge on any atom is 0.387 e. The van der Waals surface area contributed by atoms with Gasteiger partial charge < -0.3 is 10.1 Å². The van der Waals surface area contributed by atoms with Gasteiger partial charge >= 0.3 is 16.8 Å². The van der Waals surface area contributed by atoms with Gasteiger partial charge in [-0.25, -0.2) is 0 Å². The van der Waals surface area contributed by atoms with Gasteiger partial charge in [0.25, 0.3) is 0 Å². The average molecular weight is 307 g/mol. The Hall–Kier alpha value is -1.45. The van der Waals surface area contributed by atoms with Crippen LogP contribution in [0.25, 0.3) is 0 Å². The number of piperazine rings is 1. The van der Waals surface area contributed by atoms with Crippen molar-refractivity contribution in [2.45, 2.75) is 6.61 Å². The Balaban J connectivity index is 2.08. The molecular weight excluding hydrogens is 292 g/mol. The van der Waals surface area contributed by atoms with Gasteiger partial charge in [0.15, 0.2) is 0 Å². The molecule has 1 aliphatic heterocycles. The lowest BCUT2D eigenvalue weighted by Gasteiger charge is -2.26. The van der Waals surface area contributed by atoms with Gasteiger partial charge in [-0.3, -0.25) is 4.72 Å². The van der Waals surface area contributed by atoms with Crippen molar-refractivity contribution in [1.29, 1.82) is 0 Å². The molecule has 1 aliphatic rings. The molecule has 2 N–H and O–H groups in total. The summed E-state index contributed by atoms with van der Waals surface area (Å²) < 4.78 is 56.2. The molecule has 0 saturated carbocycles. The first-order valence-electron chi connectivity index (χ1n) is 6.01. The van der Waals surface area contributed by atoms with E-state index in [1.807, 2.05) is 0 Å². The molecule has 1 aromatic rings. The van der Waals surface area contributed by atoms with E-state index in [0.29, 0.717) is 26.2 Å². The fraction of sp³-hybridized carbons (Fsp3) is 0.455. The highest BCUT2D eigenvalue weighted by molar-refractivity contribution is 7.90. The Kier molecular flexibility index (Phi) is 4.73. The third-order valence-corrected chi connectivity index (χ3v) is 4.26. The number of benzene rings is 1. The molecule has 112 valence electrons. The van der Waals surface area contributed by atoms with E-state index in [0.717, 1.165) is 0 Å². The Morgan fingerprint density at radius 1 is 1.30 bits per heavy atom. The third kappa shape index (κ3) is 4.02. The van der Waals surface area contributed by atoms with E-state index in [1.54, 1.807) is 0 Å². The molecule has 20 heavy (non-hydrogen) atoms. The van der Waals surface area contributed by atoms with Crippen molar-refractivity contribution < 1.29 is 21.9 Å². The highest BCUT2D eigenvalue weighted by Crippen LogP contribution is 2.20. The Morgan fingerprint density at radius 3 is 2.65 bits per heavy atom. The van der Waals surface area contributed by atoms with Gasteiger partial charge in [0.2, 0.25) is 0 Å². The van der Waals surface area contributed by atoms with E-state index in [1.165, 1.54) is 28.6 Å². The molecule has 0 unspecified atom stereocenters. The van der Waals surface area contributed by atoms with Crippen LogP contribution >= 0.6 is 0 Å². The smallest absolute Gasteiger partial charge is 0.387 e. The molecule has 1 fully saturated rings. The minimum atomic E-state index is -3.68. The van der Waals surface area contributed by atoms with Crippen LogP contribution in [0.15, 0.2) is 24.3 Å². The second-order valence-electron chi connectivity index (χ2n) is 4.16. The molecule has 0 bridgehead atoms. The van der Waals surface area contributed by atoms with Crippen molar-refractivity contribution in [3.63, 3.8) is 0 Å². The Morgan fingerprint density at radius 2 is 2.00 bits per heavy atom. The van der Waals surface area contributed by atoms with E-state index in [4.69, 9.17) is 0 Å². The average Bonchev–Trinajstić information content (AvgIpc) is 2.39. The summed E-state index contributed by atoms with van der Waals surface area (Å²) in [6.07, 6.45) is 0. The van der Waals surface area contributed by atoms with Crippen LogP contribution in [-0.4, -0.2) is 45.5 Å². The molecular formula is C11H15F2N3O3S. The number of hydrogen-bond donors (Lipinski definition) is 2. The number of nitrogens with one attached hydrogen (secondary N) is 2. The minimum Gasteiger partial charge on any atom is -0.435 e. The summed E-state index contributed by atoms with van der Waals surface area (Å²) in [5.74, 6) is -0.0967. The largest absolute Gasteiger partial charge is 0.435 e. The Labute approximate surface area is 115 Å². The molecule has 2 rings (SSSR count). The van der Waals surface area contributed by atoms with Crippen LogP contribution in [0.3, 0.4) is 0 Å². The van der Waals surface area contributed by atoms with Crippen LogP contribution in [0.4, 0.5) is 14.5 Å². The molecule has 9 heteroatoms. The van der Waals surface area contributed by atoms with Crippen LogP contribution < -0.4 is 14.8 Å². The van der Waals surface area contributed by atoms with E-state index in [2.05, 4.69) is 14.8 Å². The van der Waals surface area contributed by atoms with E-state index in [-0.39, 0.29) is 11.4 Å². The second-order valence-corrected chi connectivity index (χ2v) is 5.83. The number of nitrogens with zero attached hydrogens (tertiary/aromatic N) is 1. The summed E-state index contributed by atoms with van der Waals surface area (Å²) in [5.41, 5.74) is 0.182. The summed E-state index contributed by atoms with van der Waals surface area (Å²) in [4.78, 5) is 0. The van der Waals surface area contributed by atoms with Crippen molar-refractivity contribution in [3.05, 3.63) is 24.3 Å². The molecule has 1 aromatic carbocycles. The maximum atomic E-state index is 12.1. The fourth-order valence-electron chi connectivity index (χ4n) is 1.83. The van der Waals surface area contributed by atoms with Gasteiger partial charge in [-0.1, -0.05) is 6.07 Å². The molecule has 0 atom stereocenters. The van der Waals surface area contributed by atoms with Crippen LogP contribution in [0.2, 0.25) is 0 Å². The standard InChI is InChI=1S/C11H15F2N3O3S/c12-11(13)19-10-3-1-2-9(8-10)15-20(17,18)16-6-4-14-5-7-16/h1-3,8,11,14-15H,4-7H2. The van der Waals surface area contributed by atoms with Gasteiger partial charge in [-0.15, -0.1) is 0 Å². The summed E-state index contributed by atoms with van der Waals surface area (Å²) >= 11 is 0. The van der Waals surface area contributed by atoms with Crippen molar-refractivity contribution in [1.82, 2.24) is 9.62 Å². The van der Waals surface area contributed by atoms with Crippen LogP contribution in [0.1, 0.15) is 0 Å². The molecule has 0 amide bonds.